The highest BCUT2D eigenvalue weighted by atomic mass is 127. The van der Waals surface area contributed by atoms with E-state index in [0.29, 0.717) is 0 Å². The van der Waals surface area contributed by atoms with Crippen LogP contribution in [0.25, 0.3) is 0 Å². The van der Waals surface area contributed by atoms with E-state index < -0.39 is 0 Å². The minimum Gasteiger partial charge on any atom is -0.356 e. The predicted octanol–water partition coefficient (Wildman–Crippen LogP) is 3.09. The Morgan fingerprint density at radius 3 is 2.00 bits per heavy atom. The van der Waals surface area contributed by atoms with Gasteiger partial charge in [-0.05, 0) is 33.5 Å². The first-order chi connectivity index (χ1) is 10.2. The maximum absolute atomic E-state index is 4.32. The van der Waals surface area contributed by atoms with Crippen molar-refractivity contribution in [2.24, 2.45) is 4.99 Å². The van der Waals surface area contributed by atoms with E-state index in [1.807, 2.05) is 7.05 Å². The summed E-state index contributed by atoms with van der Waals surface area (Å²) in [5.74, 6) is 0.846. The van der Waals surface area contributed by atoms with Gasteiger partial charge < -0.3 is 15.5 Å². The molecule has 5 heteroatoms. The summed E-state index contributed by atoms with van der Waals surface area (Å²) >= 11 is 0. The van der Waals surface area contributed by atoms with Crippen LogP contribution in [-0.4, -0.2) is 50.6 Å². The first-order valence-electron chi connectivity index (χ1n) is 7.86. The van der Waals surface area contributed by atoms with E-state index >= 15 is 0 Å². The zero-order valence-corrected chi connectivity index (χ0v) is 17.9. The van der Waals surface area contributed by atoms with Gasteiger partial charge >= 0.3 is 0 Å². The molecule has 0 atom stereocenters. The van der Waals surface area contributed by atoms with Crippen LogP contribution in [0.15, 0.2) is 35.3 Å². The summed E-state index contributed by atoms with van der Waals surface area (Å²) < 4.78 is 0. The van der Waals surface area contributed by atoms with Crippen LogP contribution in [0.5, 0.6) is 0 Å². The third kappa shape index (κ3) is 7.08. The molecule has 1 aromatic carbocycles. The number of nitrogens with one attached hydrogen (secondary N) is 2. The van der Waals surface area contributed by atoms with E-state index in [0.717, 1.165) is 19.0 Å². The first kappa shape index (κ1) is 22.2. The van der Waals surface area contributed by atoms with Gasteiger partial charge in [0.25, 0.3) is 0 Å². The highest BCUT2D eigenvalue weighted by Crippen LogP contribution is 2.21. The Kier molecular flexibility index (Phi) is 9.13. The summed E-state index contributed by atoms with van der Waals surface area (Å²) in [6.07, 6.45) is 0. The molecule has 0 heterocycles. The molecule has 0 aliphatic carbocycles. The molecule has 0 aromatic heterocycles. The molecule has 1 aromatic rings. The topological polar surface area (TPSA) is 39.7 Å². The van der Waals surface area contributed by atoms with Crippen molar-refractivity contribution < 1.29 is 0 Å². The number of rotatable bonds is 6. The lowest BCUT2D eigenvalue weighted by Crippen LogP contribution is -2.52. The average Bonchev–Trinajstić information content (AvgIpc) is 2.48. The third-order valence-corrected chi connectivity index (χ3v) is 4.38. The Hall–Kier alpha value is -0.820. The van der Waals surface area contributed by atoms with Crippen molar-refractivity contribution in [2.45, 2.75) is 38.6 Å². The van der Waals surface area contributed by atoms with Crippen molar-refractivity contribution >= 4 is 29.9 Å². The number of hydrogen-bond donors (Lipinski definition) is 2. The van der Waals surface area contributed by atoms with E-state index in [4.69, 9.17) is 0 Å². The molecule has 0 aliphatic rings. The minimum atomic E-state index is 0. The predicted molar refractivity (Wildman–Crippen MR) is 112 cm³/mol. The second kappa shape index (κ2) is 9.47. The zero-order chi connectivity index (χ0) is 16.8. The average molecular weight is 432 g/mol. The van der Waals surface area contributed by atoms with Gasteiger partial charge in [0.15, 0.2) is 5.96 Å². The summed E-state index contributed by atoms with van der Waals surface area (Å²) in [5.41, 5.74) is 1.45. The molecule has 0 fully saturated rings. The van der Waals surface area contributed by atoms with Crippen LogP contribution in [0.2, 0.25) is 0 Å². The summed E-state index contributed by atoms with van der Waals surface area (Å²) in [5, 5.41) is 6.85. The molecule has 132 valence electrons. The van der Waals surface area contributed by atoms with E-state index in [9.17, 15) is 0 Å². The number of hydrogen-bond acceptors (Lipinski definition) is 2. The summed E-state index contributed by atoms with van der Waals surface area (Å²) in [4.78, 5) is 6.53. The molecule has 0 spiro atoms. The van der Waals surface area contributed by atoms with Gasteiger partial charge in [0.2, 0.25) is 0 Å². The quantitative estimate of drug-likeness (QED) is 0.413. The van der Waals surface area contributed by atoms with Crippen LogP contribution in [0.4, 0.5) is 0 Å². The largest absolute Gasteiger partial charge is 0.356 e. The van der Waals surface area contributed by atoms with Crippen LogP contribution in [-0.2, 0) is 5.41 Å². The molecule has 0 radical (unpaired) electrons. The monoisotopic (exact) mass is 432 g/mol. The Labute approximate surface area is 159 Å². The van der Waals surface area contributed by atoms with Crippen molar-refractivity contribution in [2.75, 3.05) is 34.2 Å². The molecule has 2 N–H and O–H groups in total. The highest BCUT2D eigenvalue weighted by Gasteiger charge is 2.22. The Morgan fingerprint density at radius 2 is 1.52 bits per heavy atom. The molecule has 4 nitrogen and oxygen atoms in total. The van der Waals surface area contributed by atoms with Gasteiger partial charge in [0.1, 0.15) is 0 Å². The lowest BCUT2D eigenvalue weighted by atomic mass is 9.85. The van der Waals surface area contributed by atoms with E-state index in [1.165, 1.54) is 5.56 Å². The first-order valence-corrected chi connectivity index (χ1v) is 7.86. The minimum absolute atomic E-state index is 0. The highest BCUT2D eigenvalue weighted by molar-refractivity contribution is 14.0. The summed E-state index contributed by atoms with van der Waals surface area (Å²) in [7, 11) is 6.00. The molecule has 0 amide bonds. The zero-order valence-electron chi connectivity index (χ0n) is 15.6. The van der Waals surface area contributed by atoms with Crippen molar-refractivity contribution in [1.82, 2.24) is 15.5 Å². The molecular weight excluding hydrogens is 399 g/mol. The van der Waals surface area contributed by atoms with Crippen molar-refractivity contribution in [1.29, 1.82) is 0 Å². The fourth-order valence-corrected chi connectivity index (χ4v) is 1.97. The second-order valence-electron chi connectivity index (χ2n) is 7.24. The SMILES string of the molecule is CN=C(NCC(C)(C)c1ccccc1)NCC(C)(C)N(C)C.I. The standard InChI is InChI=1S/C18H32N4.HI/c1-17(2,15-11-9-8-10-12-15)13-20-16(19-5)21-14-18(3,4)22(6)7;/h8-12H,13-14H2,1-7H3,(H2,19,20,21);1H. The number of halogens is 1. The maximum atomic E-state index is 4.32. The fraction of sp³-hybridized carbons (Fsp3) is 0.611. The van der Waals surface area contributed by atoms with E-state index in [2.05, 4.69) is 92.6 Å². The summed E-state index contributed by atoms with van der Waals surface area (Å²) in [6.45, 7) is 10.6. The smallest absolute Gasteiger partial charge is 0.191 e. The van der Waals surface area contributed by atoms with Gasteiger partial charge in [-0.1, -0.05) is 44.2 Å². The molecule has 0 saturated carbocycles. The lowest BCUT2D eigenvalue weighted by Gasteiger charge is -2.33. The van der Waals surface area contributed by atoms with Gasteiger partial charge in [-0.25, -0.2) is 0 Å². The van der Waals surface area contributed by atoms with Crippen LogP contribution in [0.3, 0.4) is 0 Å². The molecule has 0 unspecified atom stereocenters. The normalized spacial score (nSPS) is 12.8. The summed E-state index contributed by atoms with van der Waals surface area (Å²) in [6, 6.07) is 10.6. The van der Waals surface area contributed by atoms with Crippen molar-refractivity contribution in [3.63, 3.8) is 0 Å². The number of aliphatic imine (C=N–C) groups is 1. The molecule has 0 saturated heterocycles. The van der Waals surface area contributed by atoms with Gasteiger partial charge in [-0.15, -0.1) is 24.0 Å². The molecule has 1 rings (SSSR count). The number of nitrogens with zero attached hydrogens (tertiary/aromatic N) is 2. The second-order valence-corrected chi connectivity index (χ2v) is 7.24. The van der Waals surface area contributed by atoms with E-state index in [1.54, 1.807) is 0 Å². The molecule has 23 heavy (non-hydrogen) atoms. The fourth-order valence-electron chi connectivity index (χ4n) is 1.97. The van der Waals surface area contributed by atoms with Gasteiger partial charge in [-0.3, -0.25) is 4.99 Å². The Balaban J connectivity index is 0.00000484. The van der Waals surface area contributed by atoms with Gasteiger partial charge in [-0.2, -0.15) is 0 Å². The number of benzene rings is 1. The maximum Gasteiger partial charge on any atom is 0.191 e. The van der Waals surface area contributed by atoms with E-state index in [-0.39, 0.29) is 34.9 Å². The van der Waals surface area contributed by atoms with Crippen LogP contribution in [0, 0.1) is 0 Å². The van der Waals surface area contributed by atoms with Crippen molar-refractivity contribution in [3.8, 4) is 0 Å². The lowest BCUT2D eigenvalue weighted by molar-refractivity contribution is 0.197. The van der Waals surface area contributed by atoms with Crippen LogP contribution < -0.4 is 10.6 Å². The van der Waals surface area contributed by atoms with Gasteiger partial charge in [0, 0.05) is 31.1 Å². The molecule has 0 bridgehead atoms. The Morgan fingerprint density at radius 1 is 1.00 bits per heavy atom. The van der Waals surface area contributed by atoms with Gasteiger partial charge in [0.05, 0.1) is 0 Å². The third-order valence-electron chi connectivity index (χ3n) is 4.38. The number of likely N-dealkylation sites (N-methyl/N-ethyl adjacent to an activating group) is 1. The van der Waals surface area contributed by atoms with Crippen LogP contribution >= 0.6 is 24.0 Å². The van der Waals surface area contributed by atoms with Crippen LogP contribution in [0.1, 0.15) is 33.3 Å². The molecule has 0 aliphatic heterocycles. The number of guanidine groups is 1. The van der Waals surface area contributed by atoms with Crippen molar-refractivity contribution in [3.05, 3.63) is 35.9 Å². The Bertz CT molecular complexity index is 481. The molecular formula is C18H33IN4.